The summed E-state index contributed by atoms with van der Waals surface area (Å²) in [6.07, 6.45) is 2.27. The van der Waals surface area contributed by atoms with Gasteiger partial charge in [-0.05, 0) is 25.9 Å². The minimum atomic E-state index is 1.08. The molecule has 1 aromatic rings. The average Bonchev–Trinajstić information content (AvgIpc) is 2.33. The van der Waals surface area contributed by atoms with Gasteiger partial charge in [0.1, 0.15) is 5.75 Å². The highest BCUT2D eigenvalue weighted by molar-refractivity contribution is 7.10. The SMILES string of the molecule is COc1csc2c1CCNCC2. The lowest BCUT2D eigenvalue weighted by Gasteiger charge is -2.01. The molecule has 0 radical (unpaired) electrons. The Hall–Kier alpha value is -0.540. The molecule has 0 spiro atoms. The highest BCUT2D eigenvalue weighted by Gasteiger charge is 2.13. The Morgan fingerprint density at radius 1 is 1.42 bits per heavy atom. The fourth-order valence-corrected chi connectivity index (χ4v) is 2.64. The molecule has 0 saturated carbocycles. The van der Waals surface area contributed by atoms with Crippen LogP contribution in [0.5, 0.6) is 5.75 Å². The van der Waals surface area contributed by atoms with Gasteiger partial charge in [-0.25, -0.2) is 0 Å². The maximum absolute atomic E-state index is 5.29. The standard InChI is InChI=1S/C9H13NOS/c1-11-8-6-12-9-3-5-10-4-2-7(8)9/h6,10H,2-5H2,1H3. The van der Waals surface area contributed by atoms with E-state index in [0.717, 1.165) is 31.7 Å². The zero-order valence-electron chi connectivity index (χ0n) is 7.22. The molecule has 0 amide bonds. The van der Waals surface area contributed by atoms with E-state index < -0.39 is 0 Å². The van der Waals surface area contributed by atoms with Crippen molar-refractivity contribution in [1.29, 1.82) is 0 Å². The van der Waals surface area contributed by atoms with Crippen LogP contribution in [0.2, 0.25) is 0 Å². The van der Waals surface area contributed by atoms with Gasteiger partial charge in [-0.1, -0.05) is 0 Å². The van der Waals surface area contributed by atoms with Crippen molar-refractivity contribution in [3.8, 4) is 5.75 Å². The highest BCUT2D eigenvalue weighted by atomic mass is 32.1. The van der Waals surface area contributed by atoms with Crippen molar-refractivity contribution in [2.45, 2.75) is 12.8 Å². The molecule has 2 rings (SSSR count). The van der Waals surface area contributed by atoms with E-state index in [9.17, 15) is 0 Å². The summed E-state index contributed by atoms with van der Waals surface area (Å²) >= 11 is 1.82. The van der Waals surface area contributed by atoms with E-state index in [1.165, 1.54) is 10.4 Å². The van der Waals surface area contributed by atoms with Crippen LogP contribution in [0.3, 0.4) is 0 Å². The first-order valence-corrected chi connectivity index (χ1v) is 5.13. The smallest absolute Gasteiger partial charge is 0.133 e. The van der Waals surface area contributed by atoms with Gasteiger partial charge in [0.15, 0.2) is 0 Å². The van der Waals surface area contributed by atoms with E-state index >= 15 is 0 Å². The van der Waals surface area contributed by atoms with Gasteiger partial charge in [-0.15, -0.1) is 11.3 Å². The second kappa shape index (κ2) is 3.46. The molecule has 2 nitrogen and oxygen atoms in total. The number of hydrogen-bond donors (Lipinski definition) is 1. The Morgan fingerprint density at radius 2 is 2.25 bits per heavy atom. The Morgan fingerprint density at radius 3 is 3.08 bits per heavy atom. The Bertz CT molecular complexity index is 269. The van der Waals surface area contributed by atoms with Gasteiger partial charge in [0.25, 0.3) is 0 Å². The zero-order chi connectivity index (χ0) is 8.39. The van der Waals surface area contributed by atoms with E-state index in [4.69, 9.17) is 4.74 Å². The molecule has 12 heavy (non-hydrogen) atoms. The van der Waals surface area contributed by atoms with Crippen LogP contribution in [-0.4, -0.2) is 20.2 Å². The molecule has 0 fully saturated rings. The fourth-order valence-electron chi connectivity index (χ4n) is 1.59. The minimum absolute atomic E-state index is 1.08. The van der Waals surface area contributed by atoms with E-state index in [-0.39, 0.29) is 0 Å². The van der Waals surface area contributed by atoms with Crippen LogP contribution in [-0.2, 0) is 12.8 Å². The van der Waals surface area contributed by atoms with Crippen molar-refractivity contribution < 1.29 is 4.74 Å². The van der Waals surface area contributed by atoms with Crippen LogP contribution >= 0.6 is 11.3 Å². The fraction of sp³-hybridized carbons (Fsp3) is 0.556. The largest absolute Gasteiger partial charge is 0.496 e. The van der Waals surface area contributed by atoms with Crippen molar-refractivity contribution in [1.82, 2.24) is 5.32 Å². The third kappa shape index (κ3) is 1.34. The Kier molecular flexibility index (Phi) is 2.33. The summed E-state index contributed by atoms with van der Waals surface area (Å²) in [6.45, 7) is 2.19. The molecule has 3 heteroatoms. The molecular formula is C9H13NOS. The summed E-state index contributed by atoms with van der Waals surface area (Å²) in [7, 11) is 1.75. The molecule has 0 atom stereocenters. The van der Waals surface area contributed by atoms with Crippen molar-refractivity contribution in [3.05, 3.63) is 15.8 Å². The van der Waals surface area contributed by atoms with Crippen LogP contribution < -0.4 is 10.1 Å². The summed E-state index contributed by atoms with van der Waals surface area (Å²) in [5.41, 5.74) is 1.42. The van der Waals surface area contributed by atoms with Crippen LogP contribution in [0, 0.1) is 0 Å². The quantitative estimate of drug-likeness (QED) is 0.711. The maximum atomic E-state index is 5.29. The summed E-state index contributed by atoms with van der Waals surface area (Å²) in [4.78, 5) is 1.50. The molecule has 2 heterocycles. The molecule has 66 valence electrons. The van der Waals surface area contributed by atoms with Crippen LogP contribution in [0.1, 0.15) is 10.4 Å². The molecule has 0 aliphatic carbocycles. The van der Waals surface area contributed by atoms with Gasteiger partial charge in [-0.3, -0.25) is 0 Å². The summed E-state index contributed by atoms with van der Waals surface area (Å²) in [6, 6.07) is 0. The molecular weight excluding hydrogens is 170 g/mol. The van der Waals surface area contributed by atoms with Gasteiger partial charge in [0, 0.05) is 15.8 Å². The van der Waals surface area contributed by atoms with Crippen molar-refractivity contribution in [2.24, 2.45) is 0 Å². The van der Waals surface area contributed by atoms with Crippen molar-refractivity contribution in [3.63, 3.8) is 0 Å². The number of methoxy groups -OCH3 is 1. The van der Waals surface area contributed by atoms with Crippen LogP contribution in [0.15, 0.2) is 5.38 Å². The summed E-state index contributed by atoms with van der Waals surface area (Å²) in [5, 5.41) is 5.50. The number of fused-ring (bicyclic) bond motifs is 1. The van der Waals surface area contributed by atoms with Crippen LogP contribution in [0.25, 0.3) is 0 Å². The number of thiophene rings is 1. The van der Waals surface area contributed by atoms with E-state index in [1.807, 2.05) is 11.3 Å². The van der Waals surface area contributed by atoms with Gasteiger partial charge in [-0.2, -0.15) is 0 Å². The van der Waals surface area contributed by atoms with Crippen LogP contribution in [0.4, 0.5) is 0 Å². The average molecular weight is 183 g/mol. The third-order valence-corrected chi connectivity index (χ3v) is 3.31. The van der Waals surface area contributed by atoms with Gasteiger partial charge < -0.3 is 10.1 Å². The molecule has 1 N–H and O–H groups in total. The third-order valence-electron chi connectivity index (χ3n) is 2.24. The van der Waals surface area contributed by atoms with E-state index in [0.29, 0.717) is 0 Å². The lowest BCUT2D eigenvalue weighted by atomic mass is 10.1. The summed E-state index contributed by atoms with van der Waals surface area (Å²) < 4.78 is 5.29. The molecule has 1 aliphatic heterocycles. The van der Waals surface area contributed by atoms with E-state index in [1.54, 1.807) is 7.11 Å². The summed E-state index contributed by atoms with van der Waals surface area (Å²) in [5.74, 6) is 1.08. The maximum Gasteiger partial charge on any atom is 0.133 e. The molecule has 1 aromatic heterocycles. The molecule has 0 bridgehead atoms. The first-order valence-electron chi connectivity index (χ1n) is 4.26. The first kappa shape index (κ1) is 8.08. The monoisotopic (exact) mass is 183 g/mol. The predicted molar refractivity (Wildman–Crippen MR) is 51.1 cm³/mol. The van der Waals surface area contributed by atoms with Gasteiger partial charge in [0.05, 0.1) is 7.11 Å². The molecule has 0 unspecified atom stereocenters. The van der Waals surface area contributed by atoms with Gasteiger partial charge in [0.2, 0.25) is 0 Å². The first-order chi connectivity index (χ1) is 5.92. The number of rotatable bonds is 1. The lowest BCUT2D eigenvalue weighted by Crippen LogP contribution is -2.16. The number of ether oxygens (including phenoxy) is 1. The lowest BCUT2D eigenvalue weighted by molar-refractivity contribution is 0.411. The Balaban J connectivity index is 2.32. The van der Waals surface area contributed by atoms with Crippen molar-refractivity contribution >= 4 is 11.3 Å². The highest BCUT2D eigenvalue weighted by Crippen LogP contribution is 2.30. The molecule has 0 aromatic carbocycles. The molecule has 1 aliphatic rings. The van der Waals surface area contributed by atoms with Gasteiger partial charge >= 0.3 is 0 Å². The second-order valence-corrected chi connectivity index (χ2v) is 3.92. The number of nitrogens with one attached hydrogen (secondary N) is 1. The topological polar surface area (TPSA) is 21.3 Å². The minimum Gasteiger partial charge on any atom is -0.496 e. The Labute approximate surface area is 76.6 Å². The van der Waals surface area contributed by atoms with Crippen molar-refractivity contribution in [2.75, 3.05) is 20.2 Å². The zero-order valence-corrected chi connectivity index (χ0v) is 8.04. The van der Waals surface area contributed by atoms with E-state index in [2.05, 4.69) is 10.7 Å². The number of hydrogen-bond acceptors (Lipinski definition) is 3. The normalized spacial score (nSPS) is 16.8. The molecule has 0 saturated heterocycles. The predicted octanol–water partition coefficient (Wildman–Crippen LogP) is 1.44. The second-order valence-electron chi connectivity index (χ2n) is 2.96.